The van der Waals surface area contributed by atoms with Crippen LogP contribution in [0.5, 0.6) is 0 Å². The molecule has 0 radical (unpaired) electrons. The summed E-state index contributed by atoms with van der Waals surface area (Å²) in [5, 5.41) is 0. The van der Waals surface area contributed by atoms with Crippen LogP contribution in [0.4, 0.5) is 0 Å². The fourth-order valence-corrected chi connectivity index (χ4v) is 1.02. The first kappa shape index (κ1) is 7.26. The minimum absolute atomic E-state index is 0.764. The first-order valence-corrected chi connectivity index (χ1v) is 3.74. The van der Waals surface area contributed by atoms with E-state index in [-0.39, 0.29) is 0 Å². The molecular weight excluding hydrogens is 122 g/mol. The summed E-state index contributed by atoms with van der Waals surface area (Å²) in [6, 6.07) is 0. The molecule has 0 spiro atoms. The van der Waals surface area contributed by atoms with E-state index in [1.807, 2.05) is 6.08 Å². The molecule has 0 fully saturated rings. The van der Waals surface area contributed by atoms with E-state index in [1.165, 1.54) is 18.6 Å². The fourth-order valence-electron chi connectivity index (χ4n) is 1.02. The van der Waals surface area contributed by atoms with Crippen molar-refractivity contribution in [2.75, 3.05) is 6.54 Å². The predicted octanol–water partition coefficient (Wildman–Crippen LogP) is 2.35. The Labute approximate surface area is 62.2 Å². The second-order valence-electron chi connectivity index (χ2n) is 2.42. The van der Waals surface area contributed by atoms with Crippen molar-refractivity contribution in [2.45, 2.75) is 19.3 Å². The topological polar surface area (TPSA) is 12.4 Å². The van der Waals surface area contributed by atoms with Gasteiger partial charge in [-0.2, -0.15) is 0 Å². The Morgan fingerprint density at radius 1 is 1.70 bits per heavy atom. The summed E-state index contributed by atoms with van der Waals surface area (Å²) < 4.78 is 0. The van der Waals surface area contributed by atoms with Crippen LogP contribution in [-0.4, -0.2) is 12.3 Å². The second-order valence-corrected chi connectivity index (χ2v) is 2.42. The molecule has 1 heteroatoms. The monoisotopic (exact) mass is 135 g/mol. The molecule has 54 valence electrons. The van der Waals surface area contributed by atoms with Crippen LogP contribution in [0.1, 0.15) is 19.3 Å². The van der Waals surface area contributed by atoms with E-state index in [0.717, 1.165) is 13.0 Å². The second kappa shape index (κ2) is 4.04. The summed E-state index contributed by atoms with van der Waals surface area (Å²) in [4.78, 5) is 4.31. The molecule has 0 N–H and O–H groups in total. The molecule has 0 saturated heterocycles. The van der Waals surface area contributed by atoms with Crippen LogP contribution in [-0.2, 0) is 0 Å². The maximum atomic E-state index is 4.31. The van der Waals surface area contributed by atoms with Gasteiger partial charge >= 0.3 is 0 Å². The molecule has 0 saturated carbocycles. The van der Waals surface area contributed by atoms with Crippen molar-refractivity contribution in [3.63, 3.8) is 0 Å². The summed E-state index contributed by atoms with van der Waals surface area (Å²) in [5.74, 6) is 0. The van der Waals surface area contributed by atoms with E-state index < -0.39 is 0 Å². The van der Waals surface area contributed by atoms with Gasteiger partial charge in [-0.05, 0) is 25.3 Å². The number of hydrogen-bond donors (Lipinski definition) is 0. The molecule has 1 rings (SSSR count). The number of allylic oxidation sites excluding steroid dienone is 2. The molecule has 0 atom stereocenters. The van der Waals surface area contributed by atoms with Crippen LogP contribution in [0.3, 0.4) is 0 Å². The van der Waals surface area contributed by atoms with Crippen LogP contribution < -0.4 is 0 Å². The maximum Gasteiger partial charge on any atom is 0.0570 e. The van der Waals surface area contributed by atoms with E-state index in [9.17, 15) is 0 Å². The molecule has 0 bridgehead atoms. The minimum Gasteiger partial charge on any atom is -0.286 e. The van der Waals surface area contributed by atoms with Crippen LogP contribution in [0, 0.1) is 0 Å². The standard InChI is InChI=1S/C9H13N/c1-2-8-10-9-6-4-3-5-7-9/h2,4,6H,1,3,5,7-8H2. The van der Waals surface area contributed by atoms with Gasteiger partial charge in [0.2, 0.25) is 0 Å². The molecule has 0 aromatic carbocycles. The van der Waals surface area contributed by atoms with Crippen molar-refractivity contribution >= 4 is 5.71 Å². The molecule has 0 amide bonds. The molecule has 0 aromatic heterocycles. The normalized spacial score (nSPS) is 21.4. The number of nitrogens with zero attached hydrogens (tertiary/aromatic N) is 1. The highest BCUT2D eigenvalue weighted by Crippen LogP contribution is 2.06. The number of aliphatic imine (C=N–C) groups is 1. The Bertz CT molecular complexity index is 166. The molecular formula is C9H13N. The summed E-state index contributed by atoms with van der Waals surface area (Å²) in [7, 11) is 0. The lowest BCUT2D eigenvalue weighted by atomic mass is 10.1. The first-order chi connectivity index (χ1) is 4.93. The van der Waals surface area contributed by atoms with Crippen molar-refractivity contribution in [3.05, 3.63) is 24.8 Å². The highest BCUT2D eigenvalue weighted by Gasteiger charge is 1.97. The van der Waals surface area contributed by atoms with Crippen molar-refractivity contribution in [1.29, 1.82) is 0 Å². The van der Waals surface area contributed by atoms with Crippen molar-refractivity contribution in [1.82, 2.24) is 0 Å². The Hall–Kier alpha value is -0.850. The van der Waals surface area contributed by atoms with Gasteiger partial charge in [-0.25, -0.2) is 0 Å². The third-order valence-electron chi connectivity index (χ3n) is 1.54. The molecule has 0 aliphatic heterocycles. The Morgan fingerprint density at radius 3 is 3.20 bits per heavy atom. The van der Waals surface area contributed by atoms with Gasteiger partial charge in [0.15, 0.2) is 0 Å². The average molecular weight is 135 g/mol. The van der Waals surface area contributed by atoms with Crippen molar-refractivity contribution < 1.29 is 0 Å². The van der Waals surface area contributed by atoms with Gasteiger partial charge in [-0.15, -0.1) is 6.58 Å². The smallest absolute Gasteiger partial charge is 0.0570 e. The molecule has 0 unspecified atom stereocenters. The van der Waals surface area contributed by atoms with Crippen LogP contribution in [0.25, 0.3) is 0 Å². The SMILES string of the molecule is C=CCN=C1C=CCCC1. The largest absolute Gasteiger partial charge is 0.286 e. The minimum atomic E-state index is 0.764. The van der Waals surface area contributed by atoms with Crippen LogP contribution >= 0.6 is 0 Å². The molecule has 1 nitrogen and oxygen atoms in total. The van der Waals surface area contributed by atoms with Gasteiger partial charge in [0.25, 0.3) is 0 Å². The Kier molecular flexibility index (Phi) is 2.94. The molecule has 1 aliphatic carbocycles. The van der Waals surface area contributed by atoms with Crippen molar-refractivity contribution in [3.8, 4) is 0 Å². The van der Waals surface area contributed by atoms with Gasteiger partial charge in [0, 0.05) is 5.71 Å². The van der Waals surface area contributed by atoms with E-state index >= 15 is 0 Å². The maximum absolute atomic E-state index is 4.31. The van der Waals surface area contributed by atoms with Gasteiger partial charge in [0.1, 0.15) is 0 Å². The zero-order valence-electron chi connectivity index (χ0n) is 6.21. The first-order valence-electron chi connectivity index (χ1n) is 3.74. The van der Waals surface area contributed by atoms with Gasteiger partial charge < -0.3 is 0 Å². The van der Waals surface area contributed by atoms with E-state index in [0.29, 0.717) is 0 Å². The Morgan fingerprint density at radius 2 is 2.60 bits per heavy atom. The summed E-state index contributed by atoms with van der Waals surface area (Å²) in [5.41, 5.74) is 1.23. The highest BCUT2D eigenvalue weighted by molar-refractivity contribution is 5.95. The van der Waals surface area contributed by atoms with Crippen LogP contribution in [0.2, 0.25) is 0 Å². The van der Waals surface area contributed by atoms with E-state index in [1.54, 1.807) is 0 Å². The zero-order chi connectivity index (χ0) is 7.23. The zero-order valence-corrected chi connectivity index (χ0v) is 6.21. The third-order valence-corrected chi connectivity index (χ3v) is 1.54. The van der Waals surface area contributed by atoms with Crippen molar-refractivity contribution in [2.24, 2.45) is 4.99 Å². The van der Waals surface area contributed by atoms with E-state index in [2.05, 4.69) is 23.7 Å². The number of hydrogen-bond acceptors (Lipinski definition) is 1. The number of rotatable bonds is 2. The van der Waals surface area contributed by atoms with Gasteiger partial charge in [0.05, 0.1) is 6.54 Å². The third kappa shape index (κ3) is 2.18. The van der Waals surface area contributed by atoms with Crippen LogP contribution in [0.15, 0.2) is 29.8 Å². The average Bonchev–Trinajstić information content (AvgIpc) is 2.03. The lowest BCUT2D eigenvalue weighted by Crippen LogP contribution is -1.98. The molecule has 10 heavy (non-hydrogen) atoms. The predicted molar refractivity (Wildman–Crippen MR) is 45.5 cm³/mol. The summed E-state index contributed by atoms with van der Waals surface area (Å²) >= 11 is 0. The van der Waals surface area contributed by atoms with E-state index in [4.69, 9.17) is 0 Å². The molecule has 0 heterocycles. The van der Waals surface area contributed by atoms with Gasteiger partial charge in [-0.3, -0.25) is 4.99 Å². The van der Waals surface area contributed by atoms with Gasteiger partial charge in [-0.1, -0.05) is 12.2 Å². The Balaban J connectivity index is 2.45. The lowest BCUT2D eigenvalue weighted by molar-refractivity contribution is 0.875. The highest BCUT2D eigenvalue weighted by atomic mass is 14.7. The fraction of sp³-hybridized carbons (Fsp3) is 0.444. The molecule has 0 aromatic rings. The lowest BCUT2D eigenvalue weighted by Gasteiger charge is -2.04. The quantitative estimate of drug-likeness (QED) is 0.515. The summed E-state index contributed by atoms with van der Waals surface area (Å²) in [6.07, 6.45) is 9.75. The summed E-state index contributed by atoms with van der Waals surface area (Å²) in [6.45, 7) is 4.38. The molecule has 1 aliphatic rings.